The molecule has 3 aromatic rings. The molecule has 40 heavy (non-hydrogen) atoms. The van der Waals surface area contributed by atoms with E-state index in [0.29, 0.717) is 16.5 Å². The van der Waals surface area contributed by atoms with Crippen molar-refractivity contribution in [2.24, 2.45) is 0 Å². The molecule has 0 spiro atoms. The largest absolute Gasteiger partial charge is 0.443 e. The molecule has 212 valence electrons. The summed E-state index contributed by atoms with van der Waals surface area (Å²) >= 11 is 0. The Labute approximate surface area is 233 Å². The number of hydrogen-bond donors (Lipinski definition) is 0. The monoisotopic (exact) mass is 567 g/mol. The van der Waals surface area contributed by atoms with Crippen molar-refractivity contribution in [3.05, 3.63) is 65.4 Å². The average Bonchev–Trinajstić information content (AvgIpc) is 3.46. The first-order valence-corrected chi connectivity index (χ1v) is 14.5. The highest BCUT2D eigenvalue weighted by Gasteiger charge is 2.62. The van der Waals surface area contributed by atoms with Crippen LogP contribution in [-0.2, 0) is 19.5 Å². The Balaban J connectivity index is 1.73. The van der Waals surface area contributed by atoms with E-state index in [1.165, 1.54) is 16.4 Å². The molecule has 0 aliphatic carbocycles. The zero-order chi connectivity index (χ0) is 29.4. The van der Waals surface area contributed by atoms with Crippen LogP contribution in [0.5, 0.6) is 0 Å². The van der Waals surface area contributed by atoms with E-state index in [2.05, 4.69) is 0 Å². The second kappa shape index (κ2) is 9.17. The first kappa shape index (κ1) is 27.9. The fourth-order valence-corrected chi connectivity index (χ4v) is 6.81. The van der Waals surface area contributed by atoms with Gasteiger partial charge in [0.25, 0.3) is 5.91 Å². The van der Waals surface area contributed by atoms with Crippen LogP contribution in [0.1, 0.15) is 69.2 Å². The van der Waals surface area contributed by atoms with Gasteiger partial charge in [-0.1, -0.05) is 35.9 Å². The van der Waals surface area contributed by atoms with Gasteiger partial charge in [0, 0.05) is 10.9 Å². The van der Waals surface area contributed by atoms with E-state index in [-0.39, 0.29) is 17.1 Å². The lowest BCUT2D eigenvalue weighted by Gasteiger charge is -2.26. The maximum Gasteiger partial charge on any atom is 0.419 e. The van der Waals surface area contributed by atoms with Crippen molar-refractivity contribution in [3.63, 3.8) is 0 Å². The van der Waals surface area contributed by atoms with Crippen molar-refractivity contribution in [2.45, 2.75) is 76.6 Å². The van der Waals surface area contributed by atoms with Crippen LogP contribution in [0.15, 0.2) is 53.4 Å². The summed E-state index contributed by atoms with van der Waals surface area (Å²) in [5.74, 6) is -0.758. The lowest BCUT2D eigenvalue weighted by Crippen LogP contribution is -2.44. The van der Waals surface area contributed by atoms with Gasteiger partial charge in [0.05, 0.1) is 29.0 Å². The van der Waals surface area contributed by atoms with Crippen molar-refractivity contribution in [3.8, 4) is 0 Å². The van der Waals surface area contributed by atoms with Gasteiger partial charge in [0.1, 0.15) is 16.9 Å². The van der Waals surface area contributed by atoms with Gasteiger partial charge in [-0.05, 0) is 66.7 Å². The predicted molar refractivity (Wildman–Crippen MR) is 148 cm³/mol. The van der Waals surface area contributed by atoms with E-state index in [1.807, 2.05) is 6.92 Å². The summed E-state index contributed by atoms with van der Waals surface area (Å²) in [6.45, 7) is 11.8. The van der Waals surface area contributed by atoms with E-state index < -0.39 is 51.4 Å². The van der Waals surface area contributed by atoms with Crippen LogP contribution in [-0.4, -0.2) is 64.1 Å². The Morgan fingerprint density at radius 1 is 0.875 bits per heavy atom. The lowest BCUT2D eigenvalue weighted by atomic mass is 10.1. The first-order chi connectivity index (χ1) is 18.5. The molecule has 2 aliphatic heterocycles. The normalized spacial score (nSPS) is 20.9. The van der Waals surface area contributed by atoms with Crippen LogP contribution in [0.2, 0.25) is 0 Å². The SMILES string of the molecule is Cc1ccc(S(=O)(=O)N2[C@@H]3c4c(n(C(=O)OC(C)(C)C)c5ccccc45)C(=O)N(C(=O)OC(C)(C)C)C[C@@H]32)cc1. The number of ether oxygens (including phenoxy) is 2. The number of hydrogen-bond acceptors (Lipinski definition) is 7. The first-order valence-electron chi connectivity index (χ1n) is 13.0. The van der Waals surface area contributed by atoms with Crippen molar-refractivity contribution in [1.29, 1.82) is 0 Å². The predicted octanol–water partition coefficient (Wildman–Crippen LogP) is 5.24. The molecule has 0 bridgehead atoms. The third-order valence-electron chi connectivity index (χ3n) is 6.69. The minimum Gasteiger partial charge on any atom is -0.443 e. The van der Waals surface area contributed by atoms with Crippen LogP contribution < -0.4 is 0 Å². The number of para-hydroxylation sites is 1. The fraction of sp³-hybridized carbons (Fsp3) is 0.414. The van der Waals surface area contributed by atoms with Crippen LogP contribution in [0.3, 0.4) is 0 Å². The minimum atomic E-state index is -4.02. The molecule has 2 aliphatic rings. The summed E-state index contributed by atoms with van der Waals surface area (Å²) in [6, 6.07) is 11.8. The summed E-state index contributed by atoms with van der Waals surface area (Å²) in [6.07, 6.45) is -1.74. The number of sulfonamides is 1. The number of rotatable bonds is 2. The summed E-state index contributed by atoms with van der Waals surface area (Å²) < 4.78 is 41.3. The number of aryl methyl sites for hydroxylation is 1. The molecular formula is C29H33N3O7S. The molecule has 3 heterocycles. The maximum absolute atomic E-state index is 14.1. The van der Waals surface area contributed by atoms with E-state index >= 15 is 0 Å². The van der Waals surface area contributed by atoms with Crippen LogP contribution in [0, 0.1) is 6.92 Å². The van der Waals surface area contributed by atoms with Gasteiger partial charge in [-0.15, -0.1) is 0 Å². The Kier molecular flexibility index (Phi) is 6.38. The third kappa shape index (κ3) is 4.77. The quantitative estimate of drug-likeness (QED) is 0.389. The second-order valence-electron chi connectivity index (χ2n) is 12.2. The van der Waals surface area contributed by atoms with E-state index in [4.69, 9.17) is 9.47 Å². The van der Waals surface area contributed by atoms with Crippen LogP contribution >= 0.6 is 0 Å². The van der Waals surface area contributed by atoms with Gasteiger partial charge in [-0.2, -0.15) is 4.31 Å². The molecule has 3 atom stereocenters. The van der Waals surface area contributed by atoms with Gasteiger partial charge in [-0.25, -0.2) is 27.5 Å². The topological polar surface area (TPSA) is 115 Å². The number of benzene rings is 2. The summed E-state index contributed by atoms with van der Waals surface area (Å²) in [5.41, 5.74) is -0.269. The molecule has 5 rings (SSSR count). The molecule has 11 heteroatoms. The van der Waals surface area contributed by atoms with Gasteiger partial charge in [0.15, 0.2) is 0 Å². The standard InChI is InChI=1S/C29H33N3O7S/c1-17-12-14-18(15-13-17)40(36,37)32-21-16-30(26(34)38-28(2,3)4)25(33)24-22(23(21)32)19-10-8-9-11-20(19)31(24)27(35)39-29(5,6)7/h8-15,21,23H,16H2,1-7H3/t21-,23-,32?/m0/s1. The number of imide groups is 1. The minimum absolute atomic E-state index is 0.0961. The Bertz CT molecular complexity index is 1640. The zero-order valence-electron chi connectivity index (χ0n) is 23.6. The highest BCUT2D eigenvalue weighted by Crippen LogP contribution is 2.53. The number of carbonyl (C=O) groups is 3. The Hall–Kier alpha value is -3.70. The molecule has 10 nitrogen and oxygen atoms in total. The highest BCUT2D eigenvalue weighted by molar-refractivity contribution is 7.89. The molecule has 1 unspecified atom stereocenters. The molecular weight excluding hydrogens is 534 g/mol. The summed E-state index contributed by atoms with van der Waals surface area (Å²) in [7, 11) is -4.02. The van der Waals surface area contributed by atoms with Gasteiger partial charge >= 0.3 is 12.2 Å². The molecule has 2 amide bonds. The second-order valence-corrected chi connectivity index (χ2v) is 14.0. The van der Waals surface area contributed by atoms with Crippen molar-refractivity contribution in [1.82, 2.24) is 13.8 Å². The van der Waals surface area contributed by atoms with Crippen molar-refractivity contribution in [2.75, 3.05) is 6.54 Å². The Morgan fingerprint density at radius 3 is 2.05 bits per heavy atom. The maximum atomic E-state index is 14.1. The van der Waals surface area contributed by atoms with Gasteiger partial charge in [-0.3, -0.25) is 4.79 Å². The van der Waals surface area contributed by atoms with Crippen LogP contribution in [0.25, 0.3) is 10.9 Å². The molecule has 1 fully saturated rings. The summed E-state index contributed by atoms with van der Waals surface area (Å²) in [4.78, 5) is 41.9. The van der Waals surface area contributed by atoms with Gasteiger partial charge < -0.3 is 9.47 Å². The van der Waals surface area contributed by atoms with Crippen molar-refractivity contribution < 1.29 is 32.3 Å². The molecule has 2 aromatic carbocycles. The van der Waals surface area contributed by atoms with Crippen molar-refractivity contribution >= 4 is 39.0 Å². The van der Waals surface area contributed by atoms with Crippen LogP contribution in [0.4, 0.5) is 9.59 Å². The van der Waals surface area contributed by atoms with E-state index in [9.17, 15) is 22.8 Å². The molecule has 0 radical (unpaired) electrons. The number of aromatic nitrogens is 1. The molecule has 0 N–H and O–H groups in total. The van der Waals surface area contributed by atoms with E-state index in [0.717, 1.165) is 15.0 Å². The Morgan fingerprint density at radius 2 is 1.45 bits per heavy atom. The highest BCUT2D eigenvalue weighted by atomic mass is 32.2. The lowest BCUT2D eigenvalue weighted by molar-refractivity contribution is 0.0231. The third-order valence-corrected chi connectivity index (χ3v) is 8.61. The van der Waals surface area contributed by atoms with E-state index in [1.54, 1.807) is 77.9 Å². The number of amides is 2. The fourth-order valence-electron chi connectivity index (χ4n) is 5.06. The van der Waals surface area contributed by atoms with Gasteiger partial charge in [0.2, 0.25) is 10.0 Å². The molecule has 0 saturated carbocycles. The number of nitrogens with zero attached hydrogens (tertiary/aromatic N) is 3. The average molecular weight is 568 g/mol. The summed E-state index contributed by atoms with van der Waals surface area (Å²) in [5, 5.41) is 0.527. The molecule has 1 saturated heterocycles. The number of carbonyl (C=O) groups excluding carboxylic acids is 3. The number of fused-ring (bicyclic) bond motifs is 5. The molecule has 1 aromatic heterocycles. The zero-order valence-corrected chi connectivity index (χ0v) is 24.4. The smallest absolute Gasteiger partial charge is 0.419 e.